The van der Waals surface area contributed by atoms with E-state index >= 15 is 0 Å². The van der Waals surface area contributed by atoms with E-state index in [1.54, 1.807) is 9.80 Å². The minimum atomic E-state index is -0.491. The van der Waals surface area contributed by atoms with Gasteiger partial charge in [0.25, 0.3) is 0 Å². The Balaban J connectivity index is 1.76. The molecule has 2 amide bonds. The molecule has 162 valence electrons. The Hall–Kier alpha value is -1.50. The molecular formula is C21H38N2O5. The van der Waals surface area contributed by atoms with Gasteiger partial charge in [0.1, 0.15) is 11.2 Å². The topological polar surface area (TPSA) is 79.3 Å². The van der Waals surface area contributed by atoms with Gasteiger partial charge in [-0.1, -0.05) is 0 Å². The summed E-state index contributed by atoms with van der Waals surface area (Å²) < 4.78 is 10.9. The van der Waals surface area contributed by atoms with Crippen molar-refractivity contribution < 1.29 is 24.2 Å². The molecule has 0 aromatic rings. The number of amides is 2. The molecule has 0 aromatic carbocycles. The lowest BCUT2D eigenvalue weighted by molar-refractivity contribution is -0.0211. The highest BCUT2D eigenvalue weighted by atomic mass is 16.6. The predicted octanol–water partition coefficient (Wildman–Crippen LogP) is 3.64. The van der Waals surface area contributed by atoms with Crippen LogP contribution in [0.25, 0.3) is 0 Å². The molecule has 0 aliphatic carbocycles. The van der Waals surface area contributed by atoms with E-state index in [0.717, 1.165) is 25.7 Å². The number of rotatable bonds is 2. The largest absolute Gasteiger partial charge is 0.444 e. The van der Waals surface area contributed by atoms with Crippen LogP contribution in [0.15, 0.2) is 0 Å². The van der Waals surface area contributed by atoms with Crippen LogP contribution in [0.5, 0.6) is 0 Å². The van der Waals surface area contributed by atoms with Gasteiger partial charge in [-0.15, -0.1) is 0 Å². The summed E-state index contributed by atoms with van der Waals surface area (Å²) in [5.41, 5.74) is -0.981. The smallest absolute Gasteiger partial charge is 0.410 e. The Labute approximate surface area is 169 Å². The Morgan fingerprint density at radius 3 is 1.29 bits per heavy atom. The first-order chi connectivity index (χ1) is 12.9. The van der Waals surface area contributed by atoms with Crippen molar-refractivity contribution in [3.05, 3.63) is 0 Å². The van der Waals surface area contributed by atoms with Crippen LogP contribution in [0, 0.1) is 11.8 Å². The van der Waals surface area contributed by atoms with Crippen molar-refractivity contribution >= 4 is 12.2 Å². The summed E-state index contributed by atoms with van der Waals surface area (Å²) in [5, 5.41) is 10.9. The van der Waals surface area contributed by atoms with Gasteiger partial charge >= 0.3 is 12.2 Å². The molecule has 0 atom stereocenters. The van der Waals surface area contributed by atoms with E-state index in [9.17, 15) is 14.7 Å². The minimum Gasteiger partial charge on any atom is -0.444 e. The summed E-state index contributed by atoms with van der Waals surface area (Å²) in [4.78, 5) is 27.8. The van der Waals surface area contributed by atoms with Gasteiger partial charge in [0.15, 0.2) is 0 Å². The van der Waals surface area contributed by atoms with Crippen LogP contribution in [-0.2, 0) is 9.47 Å². The van der Waals surface area contributed by atoms with Crippen LogP contribution in [0.1, 0.15) is 67.2 Å². The number of likely N-dealkylation sites (tertiary alicyclic amines) is 2. The summed E-state index contributed by atoms with van der Waals surface area (Å²) in [6.07, 6.45) is 2.21. The van der Waals surface area contributed by atoms with Crippen LogP contribution in [0.2, 0.25) is 0 Å². The zero-order valence-electron chi connectivity index (χ0n) is 18.4. The number of aliphatic hydroxyl groups excluding tert-OH is 1. The molecule has 2 fully saturated rings. The Morgan fingerprint density at radius 2 is 1.04 bits per heavy atom. The number of carbonyl (C=O) groups is 2. The number of ether oxygens (including phenoxy) is 2. The highest BCUT2D eigenvalue weighted by molar-refractivity contribution is 5.68. The molecule has 0 radical (unpaired) electrons. The van der Waals surface area contributed by atoms with Crippen LogP contribution in [-0.4, -0.2) is 70.6 Å². The van der Waals surface area contributed by atoms with Crippen LogP contribution < -0.4 is 0 Å². The summed E-state index contributed by atoms with van der Waals surface area (Å²) in [6.45, 7) is 13.7. The van der Waals surface area contributed by atoms with Gasteiger partial charge in [0.05, 0.1) is 6.10 Å². The molecule has 0 aromatic heterocycles. The third-order valence-corrected chi connectivity index (χ3v) is 5.35. The molecule has 1 N–H and O–H groups in total. The van der Waals surface area contributed by atoms with Crippen molar-refractivity contribution in [1.82, 2.24) is 9.80 Å². The van der Waals surface area contributed by atoms with Gasteiger partial charge in [-0.2, -0.15) is 0 Å². The summed E-state index contributed by atoms with van der Waals surface area (Å²) in [6, 6.07) is 0. The van der Waals surface area contributed by atoms with E-state index in [4.69, 9.17) is 9.47 Å². The molecule has 0 spiro atoms. The highest BCUT2D eigenvalue weighted by Crippen LogP contribution is 2.31. The average molecular weight is 399 g/mol. The van der Waals surface area contributed by atoms with E-state index in [0.29, 0.717) is 26.2 Å². The first kappa shape index (κ1) is 22.8. The predicted molar refractivity (Wildman–Crippen MR) is 107 cm³/mol. The van der Waals surface area contributed by atoms with Gasteiger partial charge < -0.3 is 24.4 Å². The fraction of sp³-hybridized carbons (Fsp3) is 0.905. The van der Waals surface area contributed by atoms with Crippen molar-refractivity contribution in [2.45, 2.75) is 84.5 Å². The van der Waals surface area contributed by atoms with E-state index in [1.165, 1.54) is 0 Å². The second kappa shape index (κ2) is 8.89. The summed E-state index contributed by atoms with van der Waals surface area (Å²) in [5.74, 6) is 0.383. The van der Waals surface area contributed by atoms with Crippen LogP contribution in [0.3, 0.4) is 0 Å². The highest BCUT2D eigenvalue weighted by Gasteiger charge is 2.36. The van der Waals surface area contributed by atoms with Gasteiger partial charge in [0, 0.05) is 26.2 Å². The quantitative estimate of drug-likeness (QED) is 0.768. The standard InChI is InChI=1S/C21H38N2O5/c1-20(2,3)27-18(25)22-11-7-15(8-12-22)17(24)16-9-13-23(14-10-16)19(26)28-21(4,5)6/h15-17,24H,7-14H2,1-6H3. The number of piperidine rings is 2. The fourth-order valence-electron chi connectivity index (χ4n) is 3.88. The third-order valence-electron chi connectivity index (χ3n) is 5.35. The molecule has 7 nitrogen and oxygen atoms in total. The molecule has 2 heterocycles. The minimum absolute atomic E-state index is 0.191. The molecule has 0 unspecified atom stereocenters. The lowest BCUT2D eigenvalue weighted by Gasteiger charge is -2.40. The second-order valence-corrected chi connectivity index (χ2v) is 10.1. The molecule has 28 heavy (non-hydrogen) atoms. The van der Waals surface area contributed by atoms with Gasteiger partial charge in [-0.3, -0.25) is 0 Å². The normalized spacial score (nSPS) is 20.4. The fourth-order valence-corrected chi connectivity index (χ4v) is 3.88. The monoisotopic (exact) mass is 398 g/mol. The third kappa shape index (κ3) is 6.83. The molecule has 7 heteroatoms. The molecule has 0 bridgehead atoms. The Bertz CT molecular complexity index is 488. The van der Waals surface area contributed by atoms with Gasteiger partial charge in [0.2, 0.25) is 0 Å². The number of carbonyl (C=O) groups excluding carboxylic acids is 2. The van der Waals surface area contributed by atoms with E-state index in [1.807, 2.05) is 41.5 Å². The number of hydrogen-bond acceptors (Lipinski definition) is 5. The van der Waals surface area contributed by atoms with Crippen molar-refractivity contribution in [2.24, 2.45) is 11.8 Å². The lowest BCUT2D eigenvalue weighted by atomic mass is 9.80. The summed E-state index contributed by atoms with van der Waals surface area (Å²) in [7, 11) is 0. The molecule has 2 aliphatic heterocycles. The van der Waals surface area contributed by atoms with E-state index in [2.05, 4.69) is 0 Å². The lowest BCUT2D eigenvalue weighted by Crippen LogP contribution is -2.47. The summed E-state index contributed by atoms with van der Waals surface area (Å²) >= 11 is 0. The Kier molecular flexibility index (Phi) is 7.23. The maximum atomic E-state index is 12.2. The number of hydrogen-bond donors (Lipinski definition) is 1. The van der Waals surface area contributed by atoms with Crippen LogP contribution >= 0.6 is 0 Å². The number of aliphatic hydroxyl groups is 1. The number of nitrogens with zero attached hydrogens (tertiary/aromatic N) is 2. The molecule has 2 saturated heterocycles. The molecule has 2 rings (SSSR count). The van der Waals surface area contributed by atoms with Crippen molar-refractivity contribution in [3.63, 3.8) is 0 Å². The molecule has 2 aliphatic rings. The van der Waals surface area contributed by atoms with Gasteiger partial charge in [-0.05, 0) is 79.1 Å². The van der Waals surface area contributed by atoms with Crippen molar-refractivity contribution in [1.29, 1.82) is 0 Å². The van der Waals surface area contributed by atoms with Gasteiger partial charge in [-0.25, -0.2) is 9.59 Å². The zero-order chi connectivity index (χ0) is 21.1. The van der Waals surface area contributed by atoms with Crippen LogP contribution in [0.4, 0.5) is 9.59 Å². The first-order valence-electron chi connectivity index (χ1n) is 10.5. The van der Waals surface area contributed by atoms with E-state index < -0.39 is 11.2 Å². The van der Waals surface area contributed by atoms with Crippen molar-refractivity contribution in [3.8, 4) is 0 Å². The maximum Gasteiger partial charge on any atom is 0.410 e. The first-order valence-corrected chi connectivity index (χ1v) is 10.5. The molecular weight excluding hydrogens is 360 g/mol. The van der Waals surface area contributed by atoms with E-state index in [-0.39, 0.29) is 30.1 Å². The SMILES string of the molecule is CC(C)(C)OC(=O)N1CCC(C(O)C2CCN(C(=O)OC(C)(C)C)CC2)CC1. The second-order valence-electron chi connectivity index (χ2n) is 10.1. The molecule has 0 saturated carbocycles. The Morgan fingerprint density at radius 1 is 0.750 bits per heavy atom. The zero-order valence-corrected chi connectivity index (χ0v) is 18.4. The van der Waals surface area contributed by atoms with Crippen molar-refractivity contribution in [2.75, 3.05) is 26.2 Å². The average Bonchev–Trinajstić information content (AvgIpc) is 2.58. The maximum absolute atomic E-state index is 12.2.